The molecule has 1 atom stereocenters. The highest BCUT2D eigenvalue weighted by Gasteiger charge is 2.30. The van der Waals surface area contributed by atoms with Gasteiger partial charge in [-0.25, -0.2) is 0 Å². The van der Waals surface area contributed by atoms with Crippen LogP contribution in [0.2, 0.25) is 0 Å². The standard InChI is InChI=1S/C18H26N2O/c19-17(15-8-9-15)12-20-18(21)16-10-6-14(7-11-16)13-4-2-1-3-5-13/h1-5,14-17H,6-12,19H2,(H,20,21). The van der Waals surface area contributed by atoms with Gasteiger partial charge in [-0.05, 0) is 55.9 Å². The quantitative estimate of drug-likeness (QED) is 0.874. The lowest BCUT2D eigenvalue weighted by molar-refractivity contribution is -0.126. The molecule has 0 heterocycles. The van der Waals surface area contributed by atoms with E-state index in [-0.39, 0.29) is 17.9 Å². The topological polar surface area (TPSA) is 55.1 Å². The first-order chi connectivity index (χ1) is 10.2. The van der Waals surface area contributed by atoms with Gasteiger partial charge in [0.15, 0.2) is 0 Å². The van der Waals surface area contributed by atoms with E-state index < -0.39 is 0 Å². The summed E-state index contributed by atoms with van der Waals surface area (Å²) in [5.41, 5.74) is 7.46. The van der Waals surface area contributed by atoms with Crippen LogP contribution in [0.5, 0.6) is 0 Å². The van der Waals surface area contributed by atoms with Crippen molar-refractivity contribution in [2.45, 2.75) is 50.5 Å². The number of benzene rings is 1. The van der Waals surface area contributed by atoms with E-state index in [4.69, 9.17) is 5.73 Å². The average molecular weight is 286 g/mol. The third-order valence-electron chi connectivity index (χ3n) is 5.11. The monoisotopic (exact) mass is 286 g/mol. The molecular weight excluding hydrogens is 260 g/mol. The fourth-order valence-electron chi connectivity index (χ4n) is 3.47. The fourth-order valence-corrected chi connectivity index (χ4v) is 3.47. The predicted molar refractivity (Wildman–Crippen MR) is 84.9 cm³/mol. The lowest BCUT2D eigenvalue weighted by Crippen LogP contribution is -2.41. The molecule has 3 heteroatoms. The maximum Gasteiger partial charge on any atom is 0.223 e. The lowest BCUT2D eigenvalue weighted by atomic mass is 9.78. The van der Waals surface area contributed by atoms with E-state index in [1.807, 2.05) is 0 Å². The van der Waals surface area contributed by atoms with Gasteiger partial charge in [0.2, 0.25) is 5.91 Å². The van der Waals surface area contributed by atoms with Crippen LogP contribution in [-0.4, -0.2) is 18.5 Å². The average Bonchev–Trinajstić information content (AvgIpc) is 3.38. The zero-order valence-corrected chi connectivity index (χ0v) is 12.6. The van der Waals surface area contributed by atoms with E-state index in [2.05, 4.69) is 35.6 Å². The molecule has 2 aliphatic carbocycles. The molecule has 114 valence electrons. The summed E-state index contributed by atoms with van der Waals surface area (Å²) in [5, 5.41) is 3.06. The van der Waals surface area contributed by atoms with Crippen LogP contribution in [0.3, 0.4) is 0 Å². The Balaban J connectivity index is 1.43. The molecule has 3 rings (SSSR count). The van der Waals surface area contributed by atoms with E-state index in [0.29, 0.717) is 18.4 Å². The predicted octanol–water partition coefficient (Wildman–Crippen LogP) is 2.81. The van der Waals surface area contributed by atoms with Crippen LogP contribution < -0.4 is 11.1 Å². The first-order valence-corrected chi connectivity index (χ1v) is 8.32. The van der Waals surface area contributed by atoms with E-state index in [1.165, 1.54) is 18.4 Å². The molecule has 0 aliphatic heterocycles. The number of hydrogen-bond donors (Lipinski definition) is 2. The van der Waals surface area contributed by atoms with Crippen molar-refractivity contribution in [3.63, 3.8) is 0 Å². The zero-order valence-electron chi connectivity index (χ0n) is 12.6. The van der Waals surface area contributed by atoms with Gasteiger partial charge >= 0.3 is 0 Å². The molecule has 0 saturated heterocycles. The van der Waals surface area contributed by atoms with Gasteiger partial charge < -0.3 is 11.1 Å². The first-order valence-electron chi connectivity index (χ1n) is 8.32. The second-order valence-corrected chi connectivity index (χ2v) is 6.71. The molecular formula is C18H26N2O. The van der Waals surface area contributed by atoms with Gasteiger partial charge in [0.05, 0.1) is 0 Å². The Kier molecular flexibility index (Phi) is 4.59. The van der Waals surface area contributed by atoms with Gasteiger partial charge in [-0.3, -0.25) is 4.79 Å². The van der Waals surface area contributed by atoms with Gasteiger partial charge in [-0.15, -0.1) is 0 Å². The molecule has 0 radical (unpaired) electrons. The smallest absolute Gasteiger partial charge is 0.223 e. The van der Waals surface area contributed by atoms with Gasteiger partial charge in [0.25, 0.3) is 0 Å². The van der Waals surface area contributed by atoms with Crippen LogP contribution in [0.4, 0.5) is 0 Å². The van der Waals surface area contributed by atoms with Crippen molar-refractivity contribution in [3.05, 3.63) is 35.9 Å². The Bertz CT molecular complexity index is 461. The van der Waals surface area contributed by atoms with Gasteiger partial charge in [0.1, 0.15) is 0 Å². The molecule has 1 aromatic rings. The molecule has 1 aromatic carbocycles. The Hall–Kier alpha value is -1.35. The minimum Gasteiger partial charge on any atom is -0.354 e. The maximum absolute atomic E-state index is 12.2. The Morgan fingerprint density at radius 2 is 1.76 bits per heavy atom. The molecule has 0 spiro atoms. The van der Waals surface area contributed by atoms with Crippen molar-refractivity contribution in [2.75, 3.05) is 6.54 Å². The minimum absolute atomic E-state index is 0.162. The van der Waals surface area contributed by atoms with Crippen molar-refractivity contribution in [2.24, 2.45) is 17.6 Å². The normalized spacial score (nSPS) is 27.1. The summed E-state index contributed by atoms with van der Waals surface area (Å²) in [7, 11) is 0. The highest BCUT2D eigenvalue weighted by Crippen LogP contribution is 2.36. The highest BCUT2D eigenvalue weighted by molar-refractivity contribution is 5.78. The van der Waals surface area contributed by atoms with Crippen molar-refractivity contribution >= 4 is 5.91 Å². The molecule has 0 aromatic heterocycles. The molecule has 3 N–H and O–H groups in total. The number of carbonyl (C=O) groups is 1. The summed E-state index contributed by atoms with van der Waals surface area (Å²) in [5.74, 6) is 1.69. The number of nitrogens with two attached hydrogens (primary N) is 1. The number of hydrogen-bond acceptors (Lipinski definition) is 2. The SMILES string of the molecule is NC(CNC(=O)C1CCC(c2ccccc2)CC1)C1CC1. The van der Waals surface area contributed by atoms with E-state index in [9.17, 15) is 4.79 Å². The number of rotatable bonds is 5. The molecule has 2 saturated carbocycles. The summed E-state index contributed by atoms with van der Waals surface area (Å²) in [4.78, 5) is 12.2. The number of carbonyl (C=O) groups excluding carboxylic acids is 1. The summed E-state index contributed by atoms with van der Waals surface area (Å²) in [6, 6.07) is 10.8. The van der Waals surface area contributed by atoms with Crippen LogP contribution in [0.1, 0.15) is 50.0 Å². The number of amides is 1. The van der Waals surface area contributed by atoms with Crippen molar-refractivity contribution in [1.82, 2.24) is 5.32 Å². The second kappa shape index (κ2) is 6.61. The Morgan fingerprint density at radius 1 is 1.10 bits per heavy atom. The summed E-state index contributed by atoms with van der Waals surface area (Å²) in [6.07, 6.45) is 6.72. The lowest BCUT2D eigenvalue weighted by Gasteiger charge is -2.28. The van der Waals surface area contributed by atoms with Crippen LogP contribution in [0.15, 0.2) is 30.3 Å². The molecule has 1 unspecified atom stereocenters. The van der Waals surface area contributed by atoms with E-state index >= 15 is 0 Å². The van der Waals surface area contributed by atoms with Crippen molar-refractivity contribution in [3.8, 4) is 0 Å². The van der Waals surface area contributed by atoms with Gasteiger partial charge in [-0.1, -0.05) is 30.3 Å². The fraction of sp³-hybridized carbons (Fsp3) is 0.611. The second-order valence-electron chi connectivity index (χ2n) is 6.71. The first kappa shape index (κ1) is 14.6. The van der Waals surface area contributed by atoms with E-state index in [0.717, 1.165) is 25.7 Å². The van der Waals surface area contributed by atoms with Crippen LogP contribution >= 0.6 is 0 Å². The van der Waals surface area contributed by atoms with Crippen LogP contribution in [0, 0.1) is 11.8 Å². The van der Waals surface area contributed by atoms with Crippen molar-refractivity contribution in [1.29, 1.82) is 0 Å². The Morgan fingerprint density at radius 3 is 2.38 bits per heavy atom. The largest absolute Gasteiger partial charge is 0.354 e. The maximum atomic E-state index is 12.2. The minimum atomic E-state index is 0.162. The molecule has 2 fully saturated rings. The molecule has 3 nitrogen and oxygen atoms in total. The van der Waals surface area contributed by atoms with Gasteiger partial charge in [0, 0.05) is 18.5 Å². The molecule has 1 amide bonds. The molecule has 0 bridgehead atoms. The zero-order chi connectivity index (χ0) is 14.7. The van der Waals surface area contributed by atoms with Gasteiger partial charge in [-0.2, -0.15) is 0 Å². The summed E-state index contributed by atoms with van der Waals surface area (Å²) >= 11 is 0. The third-order valence-corrected chi connectivity index (χ3v) is 5.11. The molecule has 21 heavy (non-hydrogen) atoms. The van der Waals surface area contributed by atoms with E-state index in [1.54, 1.807) is 0 Å². The van der Waals surface area contributed by atoms with Crippen LogP contribution in [0.25, 0.3) is 0 Å². The van der Waals surface area contributed by atoms with Crippen LogP contribution in [-0.2, 0) is 4.79 Å². The molecule has 2 aliphatic rings. The summed E-state index contributed by atoms with van der Waals surface area (Å²) in [6.45, 7) is 0.655. The number of nitrogens with one attached hydrogen (secondary N) is 1. The van der Waals surface area contributed by atoms with Crippen molar-refractivity contribution < 1.29 is 4.79 Å². The summed E-state index contributed by atoms with van der Waals surface area (Å²) < 4.78 is 0. The Labute approximate surface area is 127 Å². The third kappa shape index (κ3) is 3.85. The highest BCUT2D eigenvalue weighted by atomic mass is 16.1.